The van der Waals surface area contributed by atoms with E-state index < -0.39 is 16.9 Å². The highest BCUT2D eigenvalue weighted by Gasteiger charge is 2.65. The monoisotopic (exact) mass is 554 g/mol. The van der Waals surface area contributed by atoms with E-state index in [1.807, 2.05) is 13.0 Å². The molecule has 4 rings (SSSR count). The van der Waals surface area contributed by atoms with Gasteiger partial charge in [0.1, 0.15) is 18.0 Å². The molecule has 0 aromatic heterocycles. The average molecular weight is 555 g/mol. The predicted molar refractivity (Wildman–Crippen MR) is 154 cm³/mol. The van der Waals surface area contributed by atoms with E-state index in [9.17, 15) is 19.2 Å². The molecule has 0 aromatic carbocycles. The van der Waals surface area contributed by atoms with Crippen molar-refractivity contribution in [2.24, 2.45) is 33.5 Å². The van der Waals surface area contributed by atoms with Crippen molar-refractivity contribution in [2.75, 3.05) is 7.11 Å². The molecule has 222 valence electrons. The highest BCUT2D eigenvalue weighted by atomic mass is 16.5. The lowest BCUT2D eigenvalue weighted by molar-refractivity contribution is -0.172. The zero-order valence-corrected chi connectivity index (χ0v) is 26.2. The minimum absolute atomic E-state index is 0.0282. The number of methoxy groups -OCH3 is 1. The van der Waals surface area contributed by atoms with Gasteiger partial charge >= 0.3 is 5.97 Å². The Balaban J connectivity index is 1.72. The molecule has 4 aliphatic rings. The van der Waals surface area contributed by atoms with Crippen molar-refractivity contribution in [3.63, 3.8) is 0 Å². The van der Waals surface area contributed by atoms with Crippen LogP contribution in [0.25, 0.3) is 0 Å². The van der Waals surface area contributed by atoms with Crippen LogP contribution in [0.2, 0.25) is 0 Å². The summed E-state index contributed by atoms with van der Waals surface area (Å²) in [4.78, 5) is 51.5. The number of carbonyl (C=O) groups is 4. The summed E-state index contributed by atoms with van der Waals surface area (Å²) in [6.07, 6.45) is 7.64. The third kappa shape index (κ3) is 4.48. The number of allylic oxidation sites excluding steroid dienone is 4. The van der Waals surface area contributed by atoms with E-state index in [0.29, 0.717) is 19.3 Å². The Kier molecular flexibility index (Phi) is 8.21. The molecular formula is C34H50O6. The molecule has 0 spiro atoms. The minimum Gasteiger partial charge on any atom is -0.462 e. The van der Waals surface area contributed by atoms with Crippen molar-refractivity contribution in [2.45, 2.75) is 125 Å². The van der Waals surface area contributed by atoms with Crippen LogP contribution >= 0.6 is 0 Å². The summed E-state index contributed by atoms with van der Waals surface area (Å²) in [5, 5.41) is 0. The standard InChI is InChI=1S/C34H50O6/c1-10-27(39-9)26(37)17-20(2)25-18-29(38)34(8)24-11-12-28-31(5,23(24)13-16-33(25,34)7)15-14-30(40-22(4)36)32(28,6)19-21(3)35/h18,20,27-28,30H,10-17,19H2,1-9H3/t20-,27-,28+,30+,31-,32-,33-,34-/m1/s1. The van der Waals surface area contributed by atoms with E-state index in [1.165, 1.54) is 18.1 Å². The Bertz CT molecular complexity index is 1160. The van der Waals surface area contributed by atoms with Gasteiger partial charge in [0.05, 0.1) is 5.41 Å². The Morgan fingerprint density at radius 1 is 1.02 bits per heavy atom. The van der Waals surface area contributed by atoms with Gasteiger partial charge in [0.25, 0.3) is 0 Å². The van der Waals surface area contributed by atoms with Crippen molar-refractivity contribution in [1.82, 2.24) is 0 Å². The molecule has 6 heteroatoms. The van der Waals surface area contributed by atoms with E-state index in [0.717, 1.165) is 44.1 Å². The molecule has 0 aliphatic heterocycles. The molecule has 6 nitrogen and oxygen atoms in total. The van der Waals surface area contributed by atoms with Crippen LogP contribution in [-0.4, -0.2) is 42.6 Å². The number of Topliss-reactive ketones (excluding diaryl/α,β-unsaturated/α-hetero) is 2. The van der Waals surface area contributed by atoms with Gasteiger partial charge in [-0.2, -0.15) is 0 Å². The SMILES string of the molecule is CC[C@@H](OC)C(=O)C[C@@H](C)C1=CC(=O)[C@@]2(C)C3=C(CC[C@]12C)[C@@]1(C)CC[C@H](OC(C)=O)[C@](C)(CC(C)=O)[C@H]1CC3. The fraction of sp³-hybridized carbons (Fsp3) is 0.765. The van der Waals surface area contributed by atoms with Crippen LogP contribution in [0, 0.1) is 33.5 Å². The Morgan fingerprint density at radius 2 is 1.70 bits per heavy atom. The Hall–Kier alpha value is -2.08. The summed E-state index contributed by atoms with van der Waals surface area (Å²) in [5.41, 5.74) is 2.23. The van der Waals surface area contributed by atoms with Crippen LogP contribution in [-0.2, 0) is 28.7 Å². The molecule has 0 N–H and O–H groups in total. The van der Waals surface area contributed by atoms with E-state index in [1.54, 1.807) is 14.0 Å². The van der Waals surface area contributed by atoms with E-state index >= 15 is 0 Å². The third-order valence-corrected chi connectivity index (χ3v) is 12.0. The first kappa shape index (κ1) is 30.9. The molecule has 0 aromatic rings. The van der Waals surface area contributed by atoms with Gasteiger partial charge in [-0.05, 0) is 82.1 Å². The van der Waals surface area contributed by atoms with Gasteiger partial charge in [-0.15, -0.1) is 0 Å². The highest BCUT2D eigenvalue weighted by Crippen LogP contribution is 2.70. The van der Waals surface area contributed by atoms with Crippen LogP contribution in [0.3, 0.4) is 0 Å². The number of fused-ring (bicyclic) bond motifs is 4. The molecule has 0 radical (unpaired) electrons. The van der Waals surface area contributed by atoms with Gasteiger partial charge in [-0.1, -0.05) is 51.3 Å². The maximum Gasteiger partial charge on any atom is 0.302 e. The van der Waals surface area contributed by atoms with Gasteiger partial charge in [-0.25, -0.2) is 0 Å². The van der Waals surface area contributed by atoms with E-state index in [4.69, 9.17) is 9.47 Å². The second-order valence-electron chi connectivity index (χ2n) is 14.1. The van der Waals surface area contributed by atoms with Crippen molar-refractivity contribution >= 4 is 23.3 Å². The number of carbonyl (C=O) groups excluding carboxylic acids is 4. The van der Waals surface area contributed by atoms with Crippen LogP contribution in [0.4, 0.5) is 0 Å². The molecule has 0 saturated heterocycles. The summed E-state index contributed by atoms with van der Waals surface area (Å²) in [5.74, 6) is 0.250. The molecule has 8 atom stereocenters. The fourth-order valence-corrected chi connectivity index (χ4v) is 9.85. The number of esters is 1. The van der Waals surface area contributed by atoms with Gasteiger partial charge in [0, 0.05) is 37.7 Å². The number of rotatable bonds is 9. The first-order valence-corrected chi connectivity index (χ1v) is 15.3. The zero-order chi connectivity index (χ0) is 29.8. The molecule has 1 saturated carbocycles. The maximum absolute atomic E-state index is 14.0. The van der Waals surface area contributed by atoms with Crippen molar-refractivity contribution in [1.29, 1.82) is 0 Å². The number of ketones is 3. The van der Waals surface area contributed by atoms with Crippen molar-refractivity contribution < 1.29 is 28.7 Å². The lowest BCUT2D eigenvalue weighted by Crippen LogP contribution is -2.57. The Labute approximate surface area is 240 Å². The molecule has 40 heavy (non-hydrogen) atoms. The predicted octanol–water partition coefficient (Wildman–Crippen LogP) is 6.75. The van der Waals surface area contributed by atoms with Crippen LogP contribution in [0.15, 0.2) is 22.8 Å². The quantitative estimate of drug-likeness (QED) is 0.232. The lowest BCUT2D eigenvalue weighted by atomic mass is 9.42. The first-order chi connectivity index (χ1) is 18.6. The summed E-state index contributed by atoms with van der Waals surface area (Å²) in [6.45, 7) is 16.0. The smallest absolute Gasteiger partial charge is 0.302 e. The van der Waals surface area contributed by atoms with Crippen molar-refractivity contribution in [3.05, 3.63) is 22.8 Å². The van der Waals surface area contributed by atoms with E-state index in [2.05, 4.69) is 34.6 Å². The van der Waals surface area contributed by atoms with Crippen LogP contribution in [0.5, 0.6) is 0 Å². The van der Waals surface area contributed by atoms with Crippen LogP contribution < -0.4 is 0 Å². The second kappa shape index (κ2) is 10.6. The number of hydrogen-bond donors (Lipinski definition) is 0. The molecule has 4 aliphatic carbocycles. The Morgan fingerprint density at radius 3 is 2.27 bits per heavy atom. The number of ether oxygens (including phenoxy) is 2. The van der Waals surface area contributed by atoms with Gasteiger partial charge < -0.3 is 14.3 Å². The summed E-state index contributed by atoms with van der Waals surface area (Å²) < 4.78 is 11.3. The zero-order valence-electron chi connectivity index (χ0n) is 26.2. The van der Waals surface area contributed by atoms with Crippen LogP contribution in [0.1, 0.15) is 113 Å². The normalized spacial score (nSPS) is 38.5. The largest absolute Gasteiger partial charge is 0.462 e. The molecule has 0 unspecified atom stereocenters. The maximum atomic E-state index is 14.0. The number of hydrogen-bond acceptors (Lipinski definition) is 6. The third-order valence-electron chi connectivity index (χ3n) is 12.0. The second-order valence-corrected chi connectivity index (χ2v) is 14.1. The molecule has 0 amide bonds. The van der Waals surface area contributed by atoms with Gasteiger partial charge in [0.15, 0.2) is 11.6 Å². The fourth-order valence-electron chi connectivity index (χ4n) is 9.85. The topological polar surface area (TPSA) is 86.7 Å². The summed E-state index contributed by atoms with van der Waals surface area (Å²) in [7, 11) is 1.58. The summed E-state index contributed by atoms with van der Waals surface area (Å²) in [6, 6.07) is 0. The minimum atomic E-state index is -0.629. The first-order valence-electron chi connectivity index (χ1n) is 15.3. The van der Waals surface area contributed by atoms with Gasteiger partial charge in [-0.3, -0.25) is 14.4 Å². The highest BCUT2D eigenvalue weighted by molar-refractivity contribution is 6.02. The molecule has 1 fully saturated rings. The lowest BCUT2D eigenvalue weighted by Gasteiger charge is -2.62. The summed E-state index contributed by atoms with van der Waals surface area (Å²) >= 11 is 0. The van der Waals surface area contributed by atoms with Gasteiger partial charge in [0.2, 0.25) is 0 Å². The average Bonchev–Trinajstić information content (AvgIpc) is 3.07. The van der Waals surface area contributed by atoms with E-state index in [-0.39, 0.29) is 52.1 Å². The van der Waals surface area contributed by atoms with Crippen molar-refractivity contribution in [3.8, 4) is 0 Å². The molecular weight excluding hydrogens is 504 g/mol. The molecule has 0 heterocycles. The molecule has 0 bridgehead atoms.